The van der Waals surface area contributed by atoms with Gasteiger partial charge >= 0.3 is 0 Å². The molecule has 21 nitrogen and oxygen atoms in total. The van der Waals surface area contributed by atoms with E-state index in [2.05, 4.69) is 44.1 Å². The monoisotopic (exact) mass is 1010 g/mol. The molecule has 72 heavy (non-hydrogen) atoms. The molecule has 16 N–H and O–H groups in total. The molecular formula is C51H87N11O10. The molecule has 1 aromatic rings. The van der Waals surface area contributed by atoms with E-state index in [9.17, 15) is 48.3 Å². The van der Waals surface area contributed by atoms with Crippen molar-refractivity contribution in [1.29, 1.82) is 0 Å². The second kappa shape index (κ2) is 34.1. The Balaban J connectivity index is 2.64. The number of carbonyl (C=O) groups excluding carboxylic acids is 9. The molecule has 1 fully saturated rings. The largest absolute Gasteiger partial charge is 0.393 e. The van der Waals surface area contributed by atoms with Crippen molar-refractivity contribution in [3.63, 3.8) is 0 Å². The molecular weight excluding hydrogens is 927 g/mol. The molecule has 7 amide bonds. The molecule has 0 radical (unpaired) electrons. The number of rotatable bonds is 24. The van der Waals surface area contributed by atoms with Gasteiger partial charge in [0.05, 0.1) is 24.6 Å². The Morgan fingerprint density at radius 1 is 0.681 bits per heavy atom. The van der Waals surface area contributed by atoms with Gasteiger partial charge in [-0.05, 0) is 82.0 Å². The maximum atomic E-state index is 14.4. The van der Waals surface area contributed by atoms with Gasteiger partial charge in [-0.3, -0.25) is 43.2 Å². The molecule has 1 aliphatic rings. The van der Waals surface area contributed by atoms with Gasteiger partial charge in [-0.1, -0.05) is 97.1 Å². The lowest BCUT2D eigenvalue weighted by molar-refractivity contribution is -0.136. The van der Waals surface area contributed by atoms with Crippen LogP contribution in [0, 0.1) is 23.7 Å². The van der Waals surface area contributed by atoms with E-state index in [0.29, 0.717) is 12.0 Å². The van der Waals surface area contributed by atoms with E-state index >= 15 is 0 Å². The summed E-state index contributed by atoms with van der Waals surface area (Å²) in [5.41, 5.74) is 24.4. The summed E-state index contributed by atoms with van der Waals surface area (Å²) in [5.74, 6) is -8.89. The zero-order chi connectivity index (χ0) is 53.8. The highest BCUT2D eigenvalue weighted by atomic mass is 16.3. The normalized spacial score (nSPS) is 23.5. The first kappa shape index (κ1) is 62.8. The molecule has 21 heteroatoms. The van der Waals surface area contributed by atoms with Crippen molar-refractivity contribution in [3.8, 4) is 0 Å². The second-order valence-electron chi connectivity index (χ2n) is 19.8. The number of nitrogens with one attached hydrogen (secondary N) is 7. The van der Waals surface area contributed by atoms with Crippen LogP contribution in [0.5, 0.6) is 0 Å². The van der Waals surface area contributed by atoms with Crippen LogP contribution < -0.4 is 60.2 Å². The number of aliphatic hydroxyl groups excluding tert-OH is 1. The Labute approximate surface area is 425 Å². The predicted octanol–water partition coefficient (Wildman–Crippen LogP) is -0.373. The van der Waals surface area contributed by atoms with Crippen molar-refractivity contribution < 1.29 is 48.3 Å². The molecule has 0 aliphatic carbocycles. The maximum absolute atomic E-state index is 14.4. The van der Waals surface area contributed by atoms with Crippen molar-refractivity contribution in [2.24, 2.45) is 46.6 Å². The van der Waals surface area contributed by atoms with Gasteiger partial charge in [-0.15, -0.1) is 0 Å². The summed E-state index contributed by atoms with van der Waals surface area (Å²) < 4.78 is 0. The quantitative estimate of drug-likeness (QED) is 0.0588. The van der Waals surface area contributed by atoms with Crippen LogP contribution in [-0.4, -0.2) is 133 Å². The number of aliphatic hydroxyl groups is 1. The van der Waals surface area contributed by atoms with Crippen LogP contribution in [0.2, 0.25) is 0 Å². The fourth-order valence-corrected chi connectivity index (χ4v) is 8.52. The first-order valence-electron chi connectivity index (χ1n) is 25.9. The zero-order valence-corrected chi connectivity index (χ0v) is 43.3. The average molecular weight is 1010 g/mol. The molecule has 0 saturated carbocycles. The molecule has 2 rings (SSSR count). The van der Waals surface area contributed by atoms with Crippen molar-refractivity contribution >= 4 is 52.9 Å². The summed E-state index contributed by atoms with van der Waals surface area (Å²) in [6.45, 7) is 8.52. The van der Waals surface area contributed by atoms with Crippen molar-refractivity contribution in [1.82, 2.24) is 37.2 Å². The molecule has 1 saturated heterocycles. The molecule has 0 unspecified atom stereocenters. The molecule has 0 aromatic heterocycles. The number of benzene rings is 1. The van der Waals surface area contributed by atoms with E-state index in [1.807, 2.05) is 13.8 Å². The Hall–Kier alpha value is -5.35. The number of hydrogen-bond donors (Lipinski definition) is 12. The van der Waals surface area contributed by atoms with Crippen LogP contribution in [0.15, 0.2) is 30.3 Å². The standard InChI is InChI=1S/C51H87N11O10/c1-6-7-8-9-13-16-36(63)29-44(66)57-41(30-55)43(65)27-34-20-24-56-48(69)40(25-31(2)3)61-50(71)38(18-22-53)59-49(70)39(19-23-54)60-51(72)45(32(4)5)62-47(68)35(26-33-14-11-10-12-15-33)28-42(64)37(17-21-52)58-46(34)67/h10-12,14-15,31-32,34-41,45,63H,6-9,13,16-30,52-55H2,1-5H3,(H,56,69)(H,57,66)(H,58,67)(H,59,70)(H,60,72)(H,61,71)(H,62,68)/t34-,35+,36-,37+,38+,39+,40+,41-,45+/m1/s1. The average Bonchev–Trinajstić information content (AvgIpc) is 3.32. The van der Waals surface area contributed by atoms with Gasteiger partial charge in [0.25, 0.3) is 0 Å². The third-order valence-electron chi connectivity index (χ3n) is 12.7. The summed E-state index contributed by atoms with van der Waals surface area (Å²) in [4.78, 5) is 126. The second-order valence-corrected chi connectivity index (χ2v) is 19.8. The minimum absolute atomic E-state index is 0.0349. The molecule has 0 bridgehead atoms. The highest BCUT2D eigenvalue weighted by Crippen LogP contribution is 2.19. The Kier molecular flexibility index (Phi) is 29.8. The number of unbranched alkanes of at least 4 members (excludes halogenated alkanes) is 4. The number of nitrogens with two attached hydrogens (primary N) is 4. The minimum atomic E-state index is -1.24. The Bertz CT molecular complexity index is 1890. The van der Waals surface area contributed by atoms with Crippen molar-refractivity contribution in [3.05, 3.63) is 35.9 Å². The fraction of sp³-hybridized carbons (Fsp3) is 0.706. The number of carbonyl (C=O) groups is 9. The first-order valence-corrected chi connectivity index (χ1v) is 25.9. The smallest absolute Gasteiger partial charge is 0.243 e. The van der Waals surface area contributed by atoms with Gasteiger partial charge in [0.15, 0.2) is 11.6 Å². The molecule has 1 aliphatic heterocycles. The lowest BCUT2D eigenvalue weighted by atomic mass is 9.89. The van der Waals surface area contributed by atoms with E-state index < -0.39 is 126 Å². The SMILES string of the molecule is CCCCCCC[C@@H](O)CC(=O)N[C@H](CN)C(=O)C[C@H]1CCNC(=O)[C@H](CC(C)C)NC(=O)[C@H](CCN)NC(=O)[C@H](CCN)NC(=O)[C@H](C(C)C)NC(=O)[C@@H](Cc2ccccc2)CC(=O)[C@H](CCN)NC1=O. The fourth-order valence-electron chi connectivity index (χ4n) is 8.52. The van der Waals surface area contributed by atoms with Gasteiger partial charge in [0.1, 0.15) is 24.2 Å². The van der Waals surface area contributed by atoms with E-state index in [1.165, 1.54) is 0 Å². The van der Waals surface area contributed by atoms with E-state index in [1.54, 1.807) is 44.2 Å². The lowest BCUT2D eigenvalue weighted by Gasteiger charge is -2.28. The molecule has 9 atom stereocenters. The summed E-state index contributed by atoms with van der Waals surface area (Å²) in [6.07, 6.45) is 3.10. The van der Waals surface area contributed by atoms with Gasteiger partial charge < -0.3 is 65.3 Å². The summed E-state index contributed by atoms with van der Waals surface area (Å²) in [5, 5.41) is 29.5. The molecule has 1 aromatic carbocycles. The first-order chi connectivity index (χ1) is 34.3. The van der Waals surface area contributed by atoms with Gasteiger partial charge in [-0.2, -0.15) is 0 Å². The third-order valence-corrected chi connectivity index (χ3v) is 12.7. The highest BCUT2D eigenvalue weighted by Gasteiger charge is 2.36. The number of ketones is 2. The number of amides is 7. The van der Waals surface area contributed by atoms with Crippen LogP contribution in [0.3, 0.4) is 0 Å². The predicted molar refractivity (Wildman–Crippen MR) is 274 cm³/mol. The molecule has 0 spiro atoms. The van der Waals surface area contributed by atoms with Crippen LogP contribution in [0.4, 0.5) is 0 Å². The van der Waals surface area contributed by atoms with Crippen LogP contribution >= 0.6 is 0 Å². The van der Waals surface area contributed by atoms with Gasteiger partial charge in [0.2, 0.25) is 41.4 Å². The zero-order valence-electron chi connectivity index (χ0n) is 43.3. The van der Waals surface area contributed by atoms with Crippen LogP contribution in [0.25, 0.3) is 0 Å². The minimum Gasteiger partial charge on any atom is -0.393 e. The topological polar surface area (TPSA) is 362 Å². The summed E-state index contributed by atoms with van der Waals surface area (Å²) in [6, 6.07) is 1.62. The van der Waals surface area contributed by atoms with Gasteiger partial charge in [-0.25, -0.2) is 0 Å². The maximum Gasteiger partial charge on any atom is 0.243 e. The van der Waals surface area contributed by atoms with Crippen LogP contribution in [-0.2, 0) is 49.6 Å². The third kappa shape index (κ3) is 23.0. The van der Waals surface area contributed by atoms with Gasteiger partial charge in [0, 0.05) is 37.8 Å². The molecule has 406 valence electrons. The Morgan fingerprint density at radius 3 is 1.81 bits per heavy atom. The van der Waals surface area contributed by atoms with E-state index in [0.717, 1.165) is 32.1 Å². The molecule has 1 heterocycles. The Morgan fingerprint density at radius 2 is 1.24 bits per heavy atom. The van der Waals surface area contributed by atoms with E-state index in [4.69, 9.17) is 22.9 Å². The number of Topliss-reactive ketones (excluding diaryl/α,β-unsaturated/α-hetero) is 2. The summed E-state index contributed by atoms with van der Waals surface area (Å²) in [7, 11) is 0. The van der Waals surface area contributed by atoms with E-state index in [-0.39, 0.29) is 83.6 Å². The van der Waals surface area contributed by atoms with Crippen LogP contribution in [0.1, 0.15) is 130 Å². The lowest BCUT2D eigenvalue weighted by Crippen LogP contribution is -2.59. The highest BCUT2D eigenvalue weighted by molar-refractivity contribution is 5.98. The summed E-state index contributed by atoms with van der Waals surface area (Å²) >= 11 is 0. The van der Waals surface area contributed by atoms with Crippen molar-refractivity contribution in [2.45, 2.75) is 173 Å². The van der Waals surface area contributed by atoms with Crippen molar-refractivity contribution in [2.75, 3.05) is 32.7 Å². The number of hydrogen-bond acceptors (Lipinski definition) is 14.